The predicted octanol–water partition coefficient (Wildman–Crippen LogP) is 25.2. The molecule has 3 nitrogen and oxygen atoms in total. The van der Waals surface area contributed by atoms with Gasteiger partial charge in [0.15, 0.2) is 0 Å². The van der Waals surface area contributed by atoms with E-state index in [4.69, 9.17) is 0 Å². The summed E-state index contributed by atoms with van der Waals surface area (Å²) in [6.45, 7) is -0.288. The van der Waals surface area contributed by atoms with Crippen molar-refractivity contribution in [1.82, 2.24) is 4.57 Å². The Bertz CT molecular complexity index is 6400. The van der Waals surface area contributed by atoms with E-state index in [-0.39, 0.29) is 6.71 Å². The van der Waals surface area contributed by atoms with Crippen LogP contribution in [0.15, 0.2) is 376 Å². The van der Waals surface area contributed by atoms with E-state index in [1.54, 1.807) is 0 Å². The highest BCUT2D eigenvalue weighted by Gasteiger charge is 2.46. The standard InChI is InChI=1S/C98H62BN3S/c1-6-29-63(30-7-1)72-47-26-48-73(64-31-8-2-9-32-64)97(72)101-87-58-56-68(71-46-28-54-92-95(71)82-45-22-25-53-91(82)103-92)59-84(87)99-83-57-55-69(94-80-43-18-16-41-78(80)93(67-37-14-5-15-38-67)79-42-17-19-44-81(79)94)60-88(83)102(98-74(65-33-10-3-11-34-65)49-27-50-75(98)66-35-12-4-13-36-66)90-62-70(61-89(101)96(90)99)100-85-51-23-20-39-76(85)77-40-21-24-52-86(77)100/h1-62H. The van der Waals surface area contributed by atoms with Crippen LogP contribution in [0.1, 0.15) is 0 Å². The van der Waals surface area contributed by atoms with E-state index in [1.807, 2.05) is 11.3 Å². The Labute approximate surface area is 602 Å². The van der Waals surface area contributed by atoms with Crippen molar-refractivity contribution in [2.24, 2.45) is 0 Å². The van der Waals surface area contributed by atoms with E-state index in [2.05, 4.69) is 390 Å². The number of fused-ring (bicyclic) bond motifs is 12. The molecule has 0 spiro atoms. The summed E-state index contributed by atoms with van der Waals surface area (Å²) in [6.07, 6.45) is 0. The van der Waals surface area contributed by atoms with Gasteiger partial charge in [0.1, 0.15) is 0 Å². The number of benzene rings is 17. The zero-order chi connectivity index (χ0) is 67.6. The van der Waals surface area contributed by atoms with Gasteiger partial charge in [-0.25, -0.2) is 0 Å². The van der Waals surface area contributed by atoms with E-state index in [0.29, 0.717) is 0 Å². The second-order valence-electron chi connectivity index (χ2n) is 27.3. The van der Waals surface area contributed by atoms with Crippen molar-refractivity contribution >= 4 is 132 Å². The number of hydrogen-bond donors (Lipinski definition) is 0. The summed E-state index contributed by atoms with van der Waals surface area (Å²) in [4.78, 5) is 5.40. The van der Waals surface area contributed by atoms with Crippen molar-refractivity contribution in [2.45, 2.75) is 0 Å². The second kappa shape index (κ2) is 23.8. The molecule has 4 heterocycles. The molecule has 0 atom stereocenters. The largest absolute Gasteiger partial charge is 0.310 e. The van der Waals surface area contributed by atoms with Crippen LogP contribution in [0.3, 0.4) is 0 Å². The molecule has 0 unspecified atom stereocenters. The molecule has 2 aliphatic rings. The molecule has 2 aromatic heterocycles. The third kappa shape index (κ3) is 9.23. The minimum absolute atomic E-state index is 0.288. The molecule has 0 amide bonds. The molecule has 478 valence electrons. The molecule has 0 saturated carbocycles. The lowest BCUT2D eigenvalue weighted by Crippen LogP contribution is -2.61. The van der Waals surface area contributed by atoms with Crippen LogP contribution in [-0.4, -0.2) is 11.3 Å². The van der Waals surface area contributed by atoms with Crippen LogP contribution >= 0.6 is 11.3 Å². The number of anilines is 6. The maximum absolute atomic E-state index is 2.71. The molecule has 21 rings (SSSR count). The fourth-order valence-electron chi connectivity index (χ4n) is 17.5. The zero-order valence-corrected chi connectivity index (χ0v) is 56.9. The molecular formula is C98H62BN3S. The molecule has 2 aliphatic heterocycles. The normalized spacial score (nSPS) is 12.4. The van der Waals surface area contributed by atoms with Gasteiger partial charge < -0.3 is 14.4 Å². The predicted molar refractivity (Wildman–Crippen MR) is 441 cm³/mol. The lowest BCUT2D eigenvalue weighted by Gasteiger charge is -2.46. The first kappa shape index (κ1) is 58.9. The summed E-state index contributed by atoms with van der Waals surface area (Å²) in [6, 6.07) is 141. The Balaban J connectivity index is 0.958. The number of rotatable bonds is 10. The van der Waals surface area contributed by atoms with Crippen molar-refractivity contribution in [3.63, 3.8) is 0 Å². The Morgan fingerprint density at radius 3 is 1.13 bits per heavy atom. The van der Waals surface area contributed by atoms with Crippen molar-refractivity contribution in [2.75, 3.05) is 9.80 Å². The molecule has 0 bridgehead atoms. The topological polar surface area (TPSA) is 11.4 Å². The maximum Gasteiger partial charge on any atom is 0.252 e. The first-order valence-electron chi connectivity index (χ1n) is 35.6. The average molecular weight is 1320 g/mol. The van der Waals surface area contributed by atoms with Gasteiger partial charge in [-0.05, 0) is 142 Å². The Morgan fingerprint density at radius 1 is 0.233 bits per heavy atom. The molecule has 103 heavy (non-hydrogen) atoms. The first-order valence-corrected chi connectivity index (χ1v) is 36.4. The Kier molecular flexibility index (Phi) is 13.6. The summed E-state index contributed by atoms with van der Waals surface area (Å²) < 4.78 is 5.11. The van der Waals surface area contributed by atoms with E-state index < -0.39 is 0 Å². The van der Waals surface area contributed by atoms with Crippen LogP contribution in [0.2, 0.25) is 0 Å². The van der Waals surface area contributed by atoms with Gasteiger partial charge in [0.2, 0.25) is 0 Å². The third-order valence-corrected chi connectivity index (χ3v) is 22.9. The van der Waals surface area contributed by atoms with Crippen LogP contribution in [0.5, 0.6) is 0 Å². The van der Waals surface area contributed by atoms with E-state index in [0.717, 1.165) is 101 Å². The summed E-state index contributed by atoms with van der Waals surface area (Å²) in [5.74, 6) is 0. The molecule has 17 aromatic carbocycles. The van der Waals surface area contributed by atoms with Gasteiger partial charge in [-0.3, -0.25) is 0 Å². The van der Waals surface area contributed by atoms with Gasteiger partial charge in [0, 0.05) is 75.9 Å². The number of thiophene rings is 1. The molecular weight excluding hydrogens is 1260 g/mol. The summed E-state index contributed by atoms with van der Waals surface area (Å²) in [5.41, 5.74) is 29.9. The summed E-state index contributed by atoms with van der Waals surface area (Å²) >= 11 is 1.88. The highest BCUT2D eigenvalue weighted by molar-refractivity contribution is 7.26. The smallest absolute Gasteiger partial charge is 0.252 e. The van der Waals surface area contributed by atoms with Gasteiger partial charge in [-0.15, -0.1) is 11.3 Å². The first-order chi connectivity index (χ1) is 51.2. The van der Waals surface area contributed by atoms with Crippen LogP contribution < -0.4 is 26.2 Å². The molecule has 0 fully saturated rings. The van der Waals surface area contributed by atoms with Crippen LogP contribution in [0, 0.1) is 0 Å². The summed E-state index contributed by atoms with van der Waals surface area (Å²) in [7, 11) is 0. The highest BCUT2D eigenvalue weighted by atomic mass is 32.1. The number of aromatic nitrogens is 1. The van der Waals surface area contributed by atoms with Crippen molar-refractivity contribution in [3.8, 4) is 83.6 Å². The molecule has 0 N–H and O–H groups in total. The number of nitrogens with zero attached hydrogens (tertiary/aromatic N) is 3. The van der Waals surface area contributed by atoms with E-state index in [9.17, 15) is 0 Å². The van der Waals surface area contributed by atoms with Crippen molar-refractivity contribution in [1.29, 1.82) is 0 Å². The van der Waals surface area contributed by atoms with E-state index >= 15 is 0 Å². The van der Waals surface area contributed by atoms with Gasteiger partial charge in [0.25, 0.3) is 6.71 Å². The van der Waals surface area contributed by atoms with Gasteiger partial charge in [-0.2, -0.15) is 0 Å². The van der Waals surface area contributed by atoms with Crippen molar-refractivity contribution in [3.05, 3.63) is 376 Å². The summed E-state index contributed by atoms with van der Waals surface area (Å²) in [5, 5.41) is 9.83. The molecule has 0 radical (unpaired) electrons. The minimum Gasteiger partial charge on any atom is -0.310 e. The van der Waals surface area contributed by atoms with Gasteiger partial charge >= 0.3 is 0 Å². The SMILES string of the molecule is c1ccc(-c2cccc(-c3ccccc3)c2N2c3ccc(-c4cccc5sc6ccccc6c45)cc3B3c4ccc(-c5c6ccccc6c(-c6ccccc6)c6ccccc56)cc4N(c4c(-c5ccccc5)cccc4-c4ccccc4)c4cc(-n5c6ccccc6c6ccccc65)cc2c43)cc1. The molecule has 0 saturated heterocycles. The monoisotopic (exact) mass is 1320 g/mol. The van der Waals surface area contributed by atoms with Crippen molar-refractivity contribution < 1.29 is 0 Å². The lowest BCUT2D eigenvalue weighted by atomic mass is 9.33. The number of para-hydroxylation sites is 4. The minimum atomic E-state index is -0.288. The fraction of sp³-hybridized carbons (Fsp3) is 0. The van der Waals surface area contributed by atoms with Crippen LogP contribution in [0.4, 0.5) is 34.1 Å². The van der Waals surface area contributed by atoms with E-state index in [1.165, 1.54) is 96.7 Å². The molecule has 5 heteroatoms. The Morgan fingerprint density at radius 2 is 0.621 bits per heavy atom. The quantitative estimate of drug-likeness (QED) is 0.0999. The van der Waals surface area contributed by atoms with Crippen LogP contribution in [-0.2, 0) is 0 Å². The van der Waals surface area contributed by atoms with Gasteiger partial charge in [0.05, 0.1) is 28.1 Å². The Hall–Kier alpha value is -13.1. The average Bonchev–Trinajstić information content (AvgIpc) is 1.65. The third-order valence-electron chi connectivity index (χ3n) is 21.7. The highest BCUT2D eigenvalue weighted by Crippen LogP contribution is 2.55. The fourth-order valence-corrected chi connectivity index (χ4v) is 18.6. The zero-order valence-electron chi connectivity index (χ0n) is 56.1. The van der Waals surface area contributed by atoms with Crippen LogP contribution in [0.25, 0.3) is 147 Å². The second-order valence-corrected chi connectivity index (χ2v) is 28.4. The van der Waals surface area contributed by atoms with Gasteiger partial charge in [-0.1, -0.05) is 328 Å². The maximum atomic E-state index is 2.71. The molecule has 0 aliphatic carbocycles. The molecule has 19 aromatic rings. The lowest BCUT2D eigenvalue weighted by molar-refractivity contribution is 1.16. The number of hydrogen-bond acceptors (Lipinski definition) is 3.